The van der Waals surface area contributed by atoms with E-state index in [4.69, 9.17) is 4.42 Å². The van der Waals surface area contributed by atoms with Gasteiger partial charge in [-0.15, -0.1) is 0 Å². The third-order valence-corrected chi connectivity index (χ3v) is 6.08. The van der Waals surface area contributed by atoms with Crippen LogP contribution in [0.1, 0.15) is 21.9 Å². The standard InChI is InChI=1S/C27H27N5O3/c1-20-7-9-21(10-8-20)28-27(34)24-12-11-23(35-24)19-32-26(33)14-13-25(29-32)31-17-15-30(16-18-31)22-5-3-2-4-6-22/h2-14H,15-19H2,1H3,(H,28,34). The summed E-state index contributed by atoms with van der Waals surface area (Å²) >= 11 is 0. The molecular weight excluding hydrogens is 442 g/mol. The number of aryl methyl sites for hydroxylation is 1. The molecule has 5 rings (SSSR count). The molecule has 0 spiro atoms. The minimum atomic E-state index is -0.342. The van der Waals surface area contributed by atoms with Gasteiger partial charge in [-0.3, -0.25) is 9.59 Å². The summed E-state index contributed by atoms with van der Waals surface area (Å²) in [5.41, 5.74) is 2.79. The van der Waals surface area contributed by atoms with Crippen LogP contribution in [-0.4, -0.2) is 41.9 Å². The first-order valence-electron chi connectivity index (χ1n) is 11.6. The van der Waals surface area contributed by atoms with E-state index in [0.717, 1.165) is 37.6 Å². The number of piperazine rings is 1. The van der Waals surface area contributed by atoms with Crippen LogP contribution in [-0.2, 0) is 6.54 Å². The van der Waals surface area contributed by atoms with Crippen molar-refractivity contribution in [3.05, 3.63) is 106 Å². The molecule has 178 valence electrons. The van der Waals surface area contributed by atoms with Gasteiger partial charge in [-0.05, 0) is 49.4 Å². The van der Waals surface area contributed by atoms with Gasteiger partial charge in [-0.25, -0.2) is 4.68 Å². The number of carbonyl (C=O) groups is 1. The van der Waals surface area contributed by atoms with Gasteiger partial charge >= 0.3 is 0 Å². The topological polar surface area (TPSA) is 83.6 Å². The van der Waals surface area contributed by atoms with Gasteiger partial charge in [0, 0.05) is 43.6 Å². The zero-order chi connectivity index (χ0) is 24.2. The minimum Gasteiger partial charge on any atom is -0.454 e. The molecule has 1 aliphatic rings. The fourth-order valence-corrected chi connectivity index (χ4v) is 4.11. The zero-order valence-electron chi connectivity index (χ0n) is 19.6. The highest BCUT2D eigenvalue weighted by molar-refractivity contribution is 6.02. The number of aromatic nitrogens is 2. The average Bonchev–Trinajstić information content (AvgIpc) is 3.36. The molecule has 0 aliphatic carbocycles. The lowest BCUT2D eigenvalue weighted by atomic mass is 10.2. The Morgan fingerprint density at radius 3 is 2.34 bits per heavy atom. The summed E-state index contributed by atoms with van der Waals surface area (Å²) < 4.78 is 7.09. The van der Waals surface area contributed by atoms with Crippen LogP contribution in [0.25, 0.3) is 0 Å². The Hall–Kier alpha value is -4.33. The molecule has 35 heavy (non-hydrogen) atoms. The molecule has 1 amide bonds. The summed E-state index contributed by atoms with van der Waals surface area (Å²) in [6.45, 7) is 5.51. The fourth-order valence-electron chi connectivity index (χ4n) is 4.11. The van der Waals surface area contributed by atoms with E-state index >= 15 is 0 Å². The van der Waals surface area contributed by atoms with Crippen LogP contribution in [0.3, 0.4) is 0 Å². The molecule has 3 heterocycles. The molecule has 0 atom stereocenters. The lowest BCUT2D eigenvalue weighted by molar-refractivity contribution is 0.0994. The van der Waals surface area contributed by atoms with Crippen LogP contribution in [0.5, 0.6) is 0 Å². The van der Waals surface area contributed by atoms with Crippen molar-refractivity contribution in [3.63, 3.8) is 0 Å². The van der Waals surface area contributed by atoms with Gasteiger partial charge in [0.15, 0.2) is 5.76 Å². The van der Waals surface area contributed by atoms with Gasteiger partial charge in [-0.2, -0.15) is 5.10 Å². The Morgan fingerprint density at radius 2 is 1.60 bits per heavy atom. The predicted octanol–water partition coefficient (Wildman–Crippen LogP) is 3.77. The van der Waals surface area contributed by atoms with Crippen molar-refractivity contribution < 1.29 is 9.21 Å². The van der Waals surface area contributed by atoms with Crippen LogP contribution >= 0.6 is 0 Å². The third kappa shape index (κ3) is 5.27. The zero-order valence-corrected chi connectivity index (χ0v) is 19.6. The van der Waals surface area contributed by atoms with Crippen molar-refractivity contribution >= 4 is 23.1 Å². The number of furan rings is 1. The van der Waals surface area contributed by atoms with Crippen molar-refractivity contribution in [2.45, 2.75) is 13.5 Å². The summed E-state index contributed by atoms with van der Waals surface area (Å²) in [5, 5.41) is 7.38. The normalized spacial score (nSPS) is 13.6. The first-order chi connectivity index (χ1) is 17.0. The Balaban J connectivity index is 1.24. The van der Waals surface area contributed by atoms with E-state index in [1.807, 2.05) is 49.4 Å². The number of benzene rings is 2. The Bertz CT molecular complexity index is 1350. The van der Waals surface area contributed by atoms with Gasteiger partial charge in [0.05, 0.1) is 0 Å². The van der Waals surface area contributed by atoms with Crippen LogP contribution in [0.2, 0.25) is 0 Å². The van der Waals surface area contributed by atoms with E-state index in [9.17, 15) is 9.59 Å². The van der Waals surface area contributed by atoms with Crippen molar-refractivity contribution in [2.24, 2.45) is 0 Å². The highest BCUT2D eigenvalue weighted by atomic mass is 16.4. The van der Waals surface area contributed by atoms with Gasteiger partial charge in [0.2, 0.25) is 0 Å². The van der Waals surface area contributed by atoms with Crippen molar-refractivity contribution in [1.82, 2.24) is 9.78 Å². The second kappa shape index (κ2) is 9.89. The molecule has 1 aliphatic heterocycles. The molecule has 1 saturated heterocycles. The Morgan fingerprint density at radius 1 is 0.886 bits per heavy atom. The fraction of sp³-hybridized carbons (Fsp3) is 0.222. The Labute approximate surface area is 203 Å². The molecule has 1 fully saturated rings. The molecule has 8 heteroatoms. The largest absolute Gasteiger partial charge is 0.454 e. The summed E-state index contributed by atoms with van der Waals surface area (Å²) in [5.74, 6) is 1.08. The molecule has 0 saturated carbocycles. The van der Waals surface area contributed by atoms with E-state index in [1.165, 1.54) is 16.4 Å². The number of nitrogens with zero attached hydrogens (tertiary/aromatic N) is 4. The number of rotatable bonds is 6. The molecule has 0 radical (unpaired) electrons. The highest BCUT2D eigenvalue weighted by Crippen LogP contribution is 2.19. The molecule has 0 unspecified atom stereocenters. The lowest BCUT2D eigenvalue weighted by Gasteiger charge is -2.36. The number of hydrogen-bond acceptors (Lipinski definition) is 6. The van der Waals surface area contributed by atoms with Crippen molar-refractivity contribution in [3.8, 4) is 0 Å². The van der Waals surface area contributed by atoms with Crippen LogP contribution in [0.15, 0.2) is 88.1 Å². The molecule has 0 bridgehead atoms. The van der Waals surface area contributed by atoms with E-state index in [-0.39, 0.29) is 23.8 Å². The SMILES string of the molecule is Cc1ccc(NC(=O)c2ccc(Cn3nc(N4CCN(c5ccccc5)CC4)ccc3=O)o2)cc1. The lowest BCUT2D eigenvalue weighted by Crippen LogP contribution is -2.47. The van der Waals surface area contributed by atoms with Crippen molar-refractivity contribution in [2.75, 3.05) is 41.3 Å². The second-order valence-corrected chi connectivity index (χ2v) is 8.58. The first kappa shape index (κ1) is 22.5. The summed E-state index contributed by atoms with van der Waals surface area (Å²) in [6.07, 6.45) is 0. The molecular formula is C27H27N5O3. The van der Waals surface area contributed by atoms with E-state index in [2.05, 4.69) is 32.3 Å². The van der Waals surface area contributed by atoms with Gasteiger partial charge in [-0.1, -0.05) is 35.9 Å². The molecule has 1 N–H and O–H groups in total. The molecule has 8 nitrogen and oxygen atoms in total. The summed E-state index contributed by atoms with van der Waals surface area (Å²) in [6, 6.07) is 24.5. The predicted molar refractivity (Wildman–Crippen MR) is 136 cm³/mol. The number of para-hydroxylation sites is 1. The Kier molecular flexibility index (Phi) is 6.34. The first-order valence-corrected chi connectivity index (χ1v) is 11.6. The highest BCUT2D eigenvalue weighted by Gasteiger charge is 2.19. The number of carbonyl (C=O) groups excluding carboxylic acids is 1. The summed E-state index contributed by atoms with van der Waals surface area (Å²) in [4.78, 5) is 29.5. The van der Waals surface area contributed by atoms with Gasteiger partial charge in [0.25, 0.3) is 11.5 Å². The second-order valence-electron chi connectivity index (χ2n) is 8.58. The summed E-state index contributed by atoms with van der Waals surface area (Å²) in [7, 11) is 0. The molecule has 4 aromatic rings. The van der Waals surface area contributed by atoms with Crippen LogP contribution < -0.4 is 20.7 Å². The monoisotopic (exact) mass is 469 g/mol. The molecule has 2 aromatic heterocycles. The maximum atomic E-state index is 12.5. The van der Waals surface area contributed by atoms with E-state index in [0.29, 0.717) is 11.4 Å². The van der Waals surface area contributed by atoms with Crippen LogP contribution in [0, 0.1) is 6.92 Å². The van der Waals surface area contributed by atoms with E-state index < -0.39 is 0 Å². The maximum absolute atomic E-state index is 12.5. The quantitative estimate of drug-likeness (QED) is 0.463. The van der Waals surface area contributed by atoms with E-state index in [1.54, 1.807) is 18.2 Å². The maximum Gasteiger partial charge on any atom is 0.291 e. The third-order valence-electron chi connectivity index (χ3n) is 6.08. The number of amides is 1. The number of hydrogen-bond donors (Lipinski definition) is 1. The van der Waals surface area contributed by atoms with Gasteiger partial charge in [0.1, 0.15) is 18.1 Å². The number of anilines is 3. The molecule has 2 aromatic carbocycles. The average molecular weight is 470 g/mol. The number of nitrogens with one attached hydrogen (secondary N) is 1. The smallest absolute Gasteiger partial charge is 0.291 e. The van der Waals surface area contributed by atoms with Crippen molar-refractivity contribution in [1.29, 1.82) is 0 Å². The van der Waals surface area contributed by atoms with Gasteiger partial charge < -0.3 is 19.5 Å². The minimum absolute atomic E-state index is 0.147. The van der Waals surface area contributed by atoms with Crippen LogP contribution in [0.4, 0.5) is 17.2 Å².